The van der Waals surface area contributed by atoms with E-state index in [-0.39, 0.29) is 81.1 Å². The summed E-state index contributed by atoms with van der Waals surface area (Å²) in [4.78, 5) is 139. The van der Waals surface area contributed by atoms with Crippen molar-refractivity contribution in [2.45, 2.75) is 12.8 Å². The van der Waals surface area contributed by atoms with Crippen molar-refractivity contribution in [1.82, 2.24) is 0 Å². The molecule has 2 unspecified atom stereocenters. The number of carbonyl (C=O) groups excluding carboxylic acids is 8. The van der Waals surface area contributed by atoms with Crippen LogP contribution in [-0.4, -0.2) is 132 Å². The Kier molecular flexibility index (Phi) is 23.5. The van der Waals surface area contributed by atoms with Crippen LogP contribution in [0.2, 0.25) is 0 Å². The number of methoxy groups -OCH3 is 8. The monoisotopic (exact) mass is 1070 g/mol. The fourth-order valence-electron chi connectivity index (χ4n) is 6.31. The molecule has 0 spiro atoms. The summed E-state index contributed by atoms with van der Waals surface area (Å²) < 4.78 is 61.6. The van der Waals surface area contributed by atoms with E-state index in [0.29, 0.717) is 0 Å². The Balaban J connectivity index is 1.52. The SMILES string of the molecule is COc1ccc(OC)c(C(=O)OOC(=O)OCCC(COC(=O)OOC(=O)c2cc(OC)ccc2OC)C(CCOC(=O)OOC(=O)c2cc(OC)ccc2OC)COC(=O)OOC(=O)c2cc(OC)ccc2OC)c1. The summed E-state index contributed by atoms with van der Waals surface area (Å²) >= 11 is 0. The van der Waals surface area contributed by atoms with E-state index >= 15 is 0 Å². The molecule has 0 aliphatic heterocycles. The van der Waals surface area contributed by atoms with Gasteiger partial charge in [0.1, 0.15) is 68.2 Å². The predicted octanol–water partition coefficient (Wildman–Crippen LogP) is 6.77. The summed E-state index contributed by atoms with van der Waals surface area (Å²) in [5.41, 5.74) is -0.805. The van der Waals surface area contributed by atoms with Gasteiger partial charge in [-0.1, -0.05) is 0 Å². The third kappa shape index (κ3) is 17.8. The minimum Gasteiger partial charge on any atom is -0.497 e. The second-order valence-electron chi connectivity index (χ2n) is 14.5. The Morgan fingerprint density at radius 2 is 0.553 bits per heavy atom. The fourth-order valence-corrected chi connectivity index (χ4v) is 6.31. The minimum absolute atomic E-state index is 0.0219. The Labute approximate surface area is 431 Å². The van der Waals surface area contributed by atoms with Crippen molar-refractivity contribution in [3.63, 3.8) is 0 Å². The van der Waals surface area contributed by atoms with Gasteiger partial charge in [0.15, 0.2) is 0 Å². The topological polar surface area (TPSA) is 321 Å². The normalized spacial score (nSPS) is 11.0. The fraction of sp³-hybridized carbons (Fsp3) is 0.333. The molecule has 0 saturated heterocycles. The van der Waals surface area contributed by atoms with E-state index in [2.05, 4.69) is 39.1 Å². The van der Waals surface area contributed by atoms with Gasteiger partial charge >= 0.3 is 48.5 Å². The molecule has 410 valence electrons. The van der Waals surface area contributed by atoms with E-state index in [9.17, 15) is 38.4 Å². The van der Waals surface area contributed by atoms with E-state index in [1.165, 1.54) is 130 Å². The van der Waals surface area contributed by atoms with Crippen LogP contribution in [0.25, 0.3) is 0 Å². The molecular weight excluding hydrogens is 1020 g/mol. The quantitative estimate of drug-likeness (QED) is 0.0320. The van der Waals surface area contributed by atoms with Crippen LogP contribution in [0.5, 0.6) is 46.0 Å². The highest BCUT2D eigenvalue weighted by atomic mass is 17.3. The molecule has 4 aromatic carbocycles. The van der Waals surface area contributed by atoms with Crippen LogP contribution >= 0.6 is 0 Å². The van der Waals surface area contributed by atoms with Crippen LogP contribution < -0.4 is 37.9 Å². The molecule has 2 atom stereocenters. The summed E-state index contributed by atoms with van der Waals surface area (Å²) in [5, 5.41) is 0. The number of benzene rings is 4. The number of ether oxygens (including phenoxy) is 12. The number of carbonyl (C=O) groups is 8. The van der Waals surface area contributed by atoms with E-state index in [1.54, 1.807) is 0 Å². The maximum absolute atomic E-state index is 12.9. The predicted molar refractivity (Wildman–Crippen MR) is 246 cm³/mol. The van der Waals surface area contributed by atoms with Gasteiger partial charge in [0.25, 0.3) is 0 Å². The summed E-state index contributed by atoms with van der Waals surface area (Å²) in [6.45, 7) is -2.72. The van der Waals surface area contributed by atoms with Crippen molar-refractivity contribution < 1.29 is 134 Å². The first-order valence-corrected chi connectivity index (χ1v) is 21.7. The molecule has 28 heteroatoms. The molecule has 0 saturated carbocycles. The minimum atomic E-state index is -1.60. The molecular formula is C48H50O28. The third-order valence-corrected chi connectivity index (χ3v) is 10.2. The number of rotatable bonds is 23. The summed E-state index contributed by atoms with van der Waals surface area (Å²) in [6.07, 6.45) is -7.00. The molecule has 4 rings (SSSR count). The van der Waals surface area contributed by atoms with Crippen molar-refractivity contribution in [3.05, 3.63) is 95.1 Å². The largest absolute Gasteiger partial charge is 0.549 e. The second kappa shape index (κ2) is 30.3. The van der Waals surface area contributed by atoms with Crippen molar-refractivity contribution in [2.75, 3.05) is 83.3 Å². The number of hydrogen-bond donors (Lipinski definition) is 0. The molecule has 0 aliphatic rings. The highest BCUT2D eigenvalue weighted by molar-refractivity contribution is 5.95. The second-order valence-corrected chi connectivity index (χ2v) is 14.5. The van der Waals surface area contributed by atoms with Crippen molar-refractivity contribution in [1.29, 1.82) is 0 Å². The smallest absolute Gasteiger partial charge is 0.497 e. The molecule has 76 heavy (non-hydrogen) atoms. The molecule has 4 aromatic rings. The van der Waals surface area contributed by atoms with Gasteiger partial charge in [-0.05, 0) is 85.6 Å². The standard InChI is InChI=1S/C48H50O28/c1-57-29-9-13-37(61-5)33(21-29)41(49)69-73-45(53)65-19-17-27(25-67-47(55)75-71-43(51)35-23-31(59-3)11-15-39(35)63-7)28(26-68-48(56)76-72-44(52)36-24-32(60-4)12-16-40(36)64-8)18-20-66-46(54)74-70-42(50)34-22-30(58-2)10-14-38(34)62-6/h9-16,21-24,27-28H,17-20,25-26H2,1-8H3. The lowest BCUT2D eigenvalue weighted by atomic mass is 9.88. The van der Waals surface area contributed by atoms with Gasteiger partial charge in [-0.3, -0.25) is 0 Å². The molecule has 0 fully saturated rings. The molecule has 0 amide bonds. The van der Waals surface area contributed by atoms with Gasteiger partial charge in [0, 0.05) is 11.8 Å². The molecule has 28 nitrogen and oxygen atoms in total. The van der Waals surface area contributed by atoms with Gasteiger partial charge in [-0.25, -0.2) is 58.3 Å². The average molecular weight is 1070 g/mol. The molecule has 0 aromatic heterocycles. The van der Waals surface area contributed by atoms with Crippen LogP contribution in [0.4, 0.5) is 19.2 Å². The van der Waals surface area contributed by atoms with Gasteiger partial charge in [0.2, 0.25) is 0 Å². The first-order chi connectivity index (χ1) is 36.6. The Morgan fingerprint density at radius 3 is 0.776 bits per heavy atom. The number of hydrogen-bond acceptors (Lipinski definition) is 28. The lowest BCUT2D eigenvalue weighted by molar-refractivity contribution is -0.208. The first kappa shape index (κ1) is 58.8. The van der Waals surface area contributed by atoms with E-state index in [4.69, 9.17) is 56.8 Å². The van der Waals surface area contributed by atoms with Crippen LogP contribution in [0, 0.1) is 11.8 Å². The van der Waals surface area contributed by atoms with Gasteiger partial charge in [0.05, 0.1) is 83.3 Å². The van der Waals surface area contributed by atoms with E-state index in [0.717, 1.165) is 0 Å². The van der Waals surface area contributed by atoms with Gasteiger partial charge < -0.3 is 56.8 Å². The van der Waals surface area contributed by atoms with Crippen molar-refractivity contribution in [2.24, 2.45) is 11.8 Å². The maximum Gasteiger partial charge on any atom is 0.549 e. The molecule has 0 N–H and O–H groups in total. The highest BCUT2D eigenvalue weighted by Gasteiger charge is 2.30. The average Bonchev–Trinajstić information content (AvgIpc) is 3.45. The van der Waals surface area contributed by atoms with E-state index < -0.39 is 86.8 Å². The summed E-state index contributed by atoms with van der Waals surface area (Å²) in [7, 11) is 10.4. The van der Waals surface area contributed by atoms with Crippen LogP contribution in [0.3, 0.4) is 0 Å². The summed E-state index contributed by atoms with van der Waals surface area (Å²) in [5.74, 6) is -6.05. The lowest BCUT2D eigenvalue weighted by Crippen LogP contribution is -2.30. The Bertz CT molecular complexity index is 2470. The van der Waals surface area contributed by atoms with Crippen LogP contribution in [-0.2, 0) is 58.0 Å². The van der Waals surface area contributed by atoms with Crippen molar-refractivity contribution in [3.8, 4) is 46.0 Å². The molecule has 0 bridgehead atoms. The lowest BCUT2D eigenvalue weighted by Gasteiger charge is -2.26. The van der Waals surface area contributed by atoms with Gasteiger partial charge in [-0.15, -0.1) is 0 Å². The third-order valence-electron chi connectivity index (χ3n) is 10.2. The Morgan fingerprint density at radius 1 is 0.316 bits per heavy atom. The zero-order chi connectivity index (χ0) is 55.6. The highest BCUT2D eigenvalue weighted by Crippen LogP contribution is 2.29. The zero-order valence-electron chi connectivity index (χ0n) is 41.8. The first-order valence-electron chi connectivity index (χ1n) is 21.7. The van der Waals surface area contributed by atoms with Crippen molar-refractivity contribution >= 4 is 48.5 Å². The van der Waals surface area contributed by atoms with Gasteiger partial charge in [-0.2, -0.15) is 19.2 Å². The summed E-state index contributed by atoms with van der Waals surface area (Å²) in [6, 6.07) is 16.5. The van der Waals surface area contributed by atoms with Crippen LogP contribution in [0.1, 0.15) is 54.3 Å². The molecule has 0 radical (unpaired) electrons. The molecule has 0 heterocycles. The molecule has 0 aliphatic carbocycles. The zero-order valence-corrected chi connectivity index (χ0v) is 41.8. The maximum atomic E-state index is 12.9. The van der Waals surface area contributed by atoms with Crippen LogP contribution in [0.15, 0.2) is 72.8 Å². The van der Waals surface area contributed by atoms with E-state index in [1.807, 2.05) is 0 Å². The Hall–Kier alpha value is -9.76.